The highest BCUT2D eigenvalue weighted by Gasteiger charge is 2.44. The van der Waals surface area contributed by atoms with Gasteiger partial charge in [0.05, 0.1) is 5.69 Å². The third-order valence-corrected chi connectivity index (χ3v) is 14.1. The number of fused-ring (bicyclic) bond motifs is 7. The van der Waals surface area contributed by atoms with E-state index in [4.69, 9.17) is 0 Å². The molecule has 59 heavy (non-hydrogen) atoms. The third kappa shape index (κ3) is 5.87. The third-order valence-electron chi connectivity index (χ3n) is 12.9. The van der Waals surface area contributed by atoms with Crippen molar-refractivity contribution in [2.24, 2.45) is 0 Å². The van der Waals surface area contributed by atoms with E-state index in [1.807, 2.05) is 11.3 Å². The van der Waals surface area contributed by atoms with Crippen molar-refractivity contribution in [2.75, 3.05) is 4.90 Å². The van der Waals surface area contributed by atoms with E-state index in [1.54, 1.807) is 0 Å². The average Bonchev–Trinajstić information content (AvgIpc) is 3.75. The number of benzene rings is 8. The maximum atomic E-state index is 2.62. The van der Waals surface area contributed by atoms with Gasteiger partial charge >= 0.3 is 0 Å². The summed E-state index contributed by atoms with van der Waals surface area (Å²) in [5, 5.41) is 5.14. The van der Waals surface area contributed by atoms with Crippen LogP contribution in [0.1, 0.15) is 76.3 Å². The van der Waals surface area contributed by atoms with Crippen molar-refractivity contribution >= 4 is 59.3 Å². The first-order chi connectivity index (χ1) is 28.6. The highest BCUT2D eigenvalue weighted by Crippen LogP contribution is 2.61. The Kier molecular flexibility index (Phi) is 8.92. The van der Waals surface area contributed by atoms with Crippen LogP contribution in [0.5, 0.6) is 0 Å². The van der Waals surface area contributed by atoms with Crippen molar-refractivity contribution in [3.8, 4) is 33.4 Å². The molecule has 0 atom stereocenters. The van der Waals surface area contributed by atoms with Crippen molar-refractivity contribution in [3.63, 3.8) is 0 Å². The maximum absolute atomic E-state index is 2.62. The molecule has 10 rings (SSSR count). The van der Waals surface area contributed by atoms with Gasteiger partial charge in [-0.3, -0.25) is 0 Å². The Morgan fingerprint density at radius 2 is 1.20 bits per heavy atom. The highest BCUT2D eigenvalue weighted by atomic mass is 32.1. The highest BCUT2D eigenvalue weighted by molar-refractivity contribution is 7.26. The molecular weight excluding hydrogens is 731 g/mol. The van der Waals surface area contributed by atoms with Gasteiger partial charge in [-0.1, -0.05) is 176 Å². The molecule has 0 saturated heterocycles. The number of hydrogen-bond acceptors (Lipinski definition) is 2. The van der Waals surface area contributed by atoms with Crippen molar-refractivity contribution < 1.29 is 0 Å². The van der Waals surface area contributed by atoms with Crippen LogP contribution in [0, 0.1) is 0 Å². The quantitative estimate of drug-likeness (QED) is 0.156. The monoisotopic (exact) mass is 781 g/mol. The fraction of sp³-hybridized carbons (Fsp3) is 0.193. The Balaban J connectivity index is 1.31. The Bertz CT molecular complexity index is 3080. The lowest BCUT2D eigenvalue weighted by atomic mass is 9.71. The molecule has 0 bridgehead atoms. The molecule has 8 aromatic carbocycles. The molecule has 1 heterocycles. The normalized spacial score (nSPS) is 13.3. The van der Waals surface area contributed by atoms with E-state index in [0.29, 0.717) is 0 Å². The molecule has 0 radical (unpaired) electrons. The van der Waals surface area contributed by atoms with Crippen molar-refractivity contribution in [1.29, 1.82) is 0 Å². The van der Waals surface area contributed by atoms with Crippen molar-refractivity contribution in [3.05, 3.63) is 186 Å². The number of nitrogens with zero attached hydrogens (tertiary/aromatic N) is 1. The zero-order valence-electron chi connectivity index (χ0n) is 35.3. The van der Waals surface area contributed by atoms with Crippen LogP contribution in [-0.4, -0.2) is 0 Å². The Hall–Kier alpha value is -5.96. The number of aryl methyl sites for hydroxylation is 1. The summed E-state index contributed by atoms with van der Waals surface area (Å²) in [7, 11) is 0. The first-order valence-electron chi connectivity index (χ1n) is 21.3. The number of rotatable bonds is 7. The molecule has 1 aliphatic carbocycles. The van der Waals surface area contributed by atoms with Crippen LogP contribution >= 0.6 is 11.3 Å². The minimum atomic E-state index is -0.250. The molecule has 1 aliphatic rings. The van der Waals surface area contributed by atoms with Crippen LogP contribution in [0.3, 0.4) is 0 Å². The second kappa shape index (κ2) is 14.1. The number of thiophene rings is 1. The summed E-state index contributed by atoms with van der Waals surface area (Å²) in [4.78, 5) is 2.62. The van der Waals surface area contributed by atoms with E-state index < -0.39 is 0 Å². The summed E-state index contributed by atoms with van der Waals surface area (Å²) in [6.45, 7) is 16.9. The molecule has 0 aliphatic heterocycles. The van der Waals surface area contributed by atoms with Gasteiger partial charge in [0.25, 0.3) is 0 Å². The molecule has 9 aromatic rings. The summed E-state index contributed by atoms with van der Waals surface area (Å²) in [5.41, 5.74) is 18.4. The molecule has 0 fully saturated rings. The summed E-state index contributed by atoms with van der Waals surface area (Å²) >= 11 is 1.90. The van der Waals surface area contributed by atoms with Crippen LogP contribution in [0.15, 0.2) is 158 Å². The molecule has 0 spiro atoms. The molecule has 1 aromatic heterocycles. The fourth-order valence-electron chi connectivity index (χ4n) is 10.2. The van der Waals surface area contributed by atoms with E-state index in [0.717, 1.165) is 18.5 Å². The molecule has 1 nitrogen and oxygen atoms in total. The molecule has 0 saturated carbocycles. The Morgan fingerprint density at radius 1 is 0.559 bits per heavy atom. The largest absolute Gasteiger partial charge is 0.310 e. The van der Waals surface area contributed by atoms with Gasteiger partial charge in [0.15, 0.2) is 0 Å². The van der Waals surface area contributed by atoms with Crippen molar-refractivity contribution in [2.45, 2.75) is 72.1 Å². The lowest BCUT2D eigenvalue weighted by Crippen LogP contribution is -2.25. The molecule has 0 unspecified atom stereocenters. The van der Waals surface area contributed by atoms with Crippen molar-refractivity contribution in [1.82, 2.24) is 0 Å². The van der Waals surface area contributed by atoms with E-state index in [1.165, 1.54) is 104 Å². The maximum Gasteiger partial charge on any atom is 0.0547 e. The minimum Gasteiger partial charge on any atom is -0.310 e. The lowest BCUT2D eigenvalue weighted by molar-refractivity contribution is 0.590. The first kappa shape index (κ1) is 37.3. The SMILES string of the molecule is CCc1ccccc1-c1c(CC)c(N(c2ccc(-c3cccc4c3sc3ccccc34)cc2)c2ccc3ccccc3c2)c2c(c1C(C)(C)C)-c1ccccc1C2(C)C. The standard InChI is InChI=1S/C57H51NS/c1-8-36-19-12-13-22-43(36)50-42(9-2)54(53-51(52(50)56(3,4)5)47-24-14-16-27-48(47)57(53,6)7)58(41-34-29-37-20-10-11-21-39(37)35-41)40-32-30-38(31-33-40)44-25-18-26-46-45-23-15-17-28-49(45)59-55(44)46/h10-35H,8-9H2,1-7H3. The van der Waals surface area contributed by atoms with Gasteiger partial charge in [0.1, 0.15) is 0 Å². The van der Waals surface area contributed by atoms with Gasteiger partial charge in [-0.15, -0.1) is 11.3 Å². The second-order valence-corrected chi connectivity index (χ2v) is 18.9. The first-order valence-corrected chi connectivity index (χ1v) is 22.1. The van der Waals surface area contributed by atoms with Crippen LogP contribution in [0.25, 0.3) is 64.3 Å². The molecule has 290 valence electrons. The average molecular weight is 782 g/mol. The van der Waals surface area contributed by atoms with Gasteiger partial charge in [0.2, 0.25) is 0 Å². The van der Waals surface area contributed by atoms with Crippen LogP contribution in [-0.2, 0) is 23.7 Å². The minimum absolute atomic E-state index is 0.126. The van der Waals surface area contributed by atoms with E-state index >= 15 is 0 Å². The van der Waals surface area contributed by atoms with Crippen LogP contribution in [0.2, 0.25) is 0 Å². The zero-order chi connectivity index (χ0) is 40.6. The molecule has 0 N–H and O–H groups in total. The molecule has 0 amide bonds. The summed E-state index contributed by atoms with van der Waals surface area (Å²) in [6.07, 6.45) is 1.86. The van der Waals surface area contributed by atoms with E-state index in [-0.39, 0.29) is 10.8 Å². The molecular formula is C57H51NS. The Labute approximate surface area is 353 Å². The lowest BCUT2D eigenvalue weighted by Gasteiger charge is -2.38. The van der Waals surface area contributed by atoms with Gasteiger partial charge in [-0.25, -0.2) is 0 Å². The summed E-state index contributed by atoms with van der Waals surface area (Å²) in [6, 6.07) is 59.2. The van der Waals surface area contributed by atoms with Gasteiger partial charge < -0.3 is 4.90 Å². The summed E-state index contributed by atoms with van der Waals surface area (Å²) < 4.78 is 2.67. The number of hydrogen-bond donors (Lipinski definition) is 0. The second-order valence-electron chi connectivity index (χ2n) is 17.8. The Morgan fingerprint density at radius 3 is 1.97 bits per heavy atom. The van der Waals surface area contributed by atoms with E-state index in [9.17, 15) is 0 Å². The van der Waals surface area contributed by atoms with Gasteiger partial charge in [-0.05, 0) is 121 Å². The molecule has 2 heteroatoms. The predicted molar refractivity (Wildman–Crippen MR) is 257 cm³/mol. The van der Waals surface area contributed by atoms with E-state index in [2.05, 4.69) is 211 Å². The van der Waals surface area contributed by atoms with Gasteiger partial charge in [0, 0.05) is 37.0 Å². The number of anilines is 3. The van der Waals surface area contributed by atoms with Gasteiger partial charge in [-0.2, -0.15) is 0 Å². The topological polar surface area (TPSA) is 3.24 Å². The zero-order valence-corrected chi connectivity index (χ0v) is 36.1. The predicted octanol–water partition coefficient (Wildman–Crippen LogP) is 16.7. The van der Waals surface area contributed by atoms with Crippen LogP contribution in [0.4, 0.5) is 17.1 Å². The smallest absolute Gasteiger partial charge is 0.0547 e. The fourth-order valence-corrected chi connectivity index (χ4v) is 11.5. The van der Waals surface area contributed by atoms with Crippen LogP contribution < -0.4 is 4.90 Å². The summed E-state index contributed by atoms with van der Waals surface area (Å²) in [5.74, 6) is 0.